The highest BCUT2D eigenvalue weighted by Gasteiger charge is 2.15. The number of carbonyl (C=O) groups is 1. The third-order valence-corrected chi connectivity index (χ3v) is 3.53. The van der Waals surface area contributed by atoms with Crippen LogP contribution in [0.5, 0.6) is 0 Å². The van der Waals surface area contributed by atoms with Crippen molar-refractivity contribution in [3.63, 3.8) is 0 Å². The number of hydrogen-bond acceptors (Lipinski definition) is 2. The van der Waals surface area contributed by atoms with E-state index in [1.54, 1.807) is 0 Å². The van der Waals surface area contributed by atoms with E-state index in [9.17, 15) is 4.79 Å². The van der Waals surface area contributed by atoms with Crippen molar-refractivity contribution in [3.05, 3.63) is 0 Å². The Morgan fingerprint density at radius 2 is 2.10 bits per heavy atom. The van der Waals surface area contributed by atoms with Gasteiger partial charge in [-0.15, -0.1) is 0 Å². The minimum Gasteiger partial charge on any atom is -0.357 e. The minimum absolute atomic E-state index is 0.327. The highest BCUT2D eigenvalue weighted by molar-refractivity contribution is 5.79. The number of aliphatic imine (C=N–C) groups is 1. The van der Waals surface area contributed by atoms with Crippen LogP contribution in [0.25, 0.3) is 0 Å². The van der Waals surface area contributed by atoms with Crippen LogP contribution >= 0.6 is 0 Å². The summed E-state index contributed by atoms with van der Waals surface area (Å²) >= 11 is 0. The van der Waals surface area contributed by atoms with Gasteiger partial charge in [0.1, 0.15) is 0 Å². The number of hydrogen-bond donors (Lipinski definition) is 2. The summed E-state index contributed by atoms with van der Waals surface area (Å²) in [6.07, 6.45) is 5.09. The molecule has 1 aliphatic heterocycles. The van der Waals surface area contributed by atoms with E-state index in [0.29, 0.717) is 11.8 Å². The SMILES string of the molecule is CCNC(=NCC(C)C)NCCCN1CCCCCC1=O. The molecule has 1 saturated heterocycles. The summed E-state index contributed by atoms with van der Waals surface area (Å²) in [5.41, 5.74) is 0. The van der Waals surface area contributed by atoms with Crippen molar-refractivity contribution in [2.24, 2.45) is 10.9 Å². The van der Waals surface area contributed by atoms with E-state index in [-0.39, 0.29) is 0 Å². The van der Waals surface area contributed by atoms with Gasteiger partial charge in [-0.2, -0.15) is 0 Å². The van der Waals surface area contributed by atoms with E-state index in [0.717, 1.165) is 64.4 Å². The standard InChI is InChI=1S/C16H32N4O/c1-4-17-16(19-13-14(2)3)18-10-8-12-20-11-7-5-6-9-15(20)21/h14H,4-13H2,1-3H3,(H2,17,18,19). The van der Waals surface area contributed by atoms with Crippen molar-refractivity contribution >= 4 is 11.9 Å². The van der Waals surface area contributed by atoms with Crippen molar-refractivity contribution in [3.8, 4) is 0 Å². The zero-order valence-corrected chi connectivity index (χ0v) is 14.0. The van der Waals surface area contributed by atoms with Gasteiger partial charge < -0.3 is 15.5 Å². The van der Waals surface area contributed by atoms with Gasteiger partial charge in [0.05, 0.1) is 0 Å². The van der Waals surface area contributed by atoms with Crippen LogP contribution in [0.15, 0.2) is 4.99 Å². The summed E-state index contributed by atoms with van der Waals surface area (Å²) in [4.78, 5) is 18.5. The first-order valence-electron chi connectivity index (χ1n) is 8.43. The normalized spacial score (nSPS) is 17.0. The summed E-state index contributed by atoms with van der Waals surface area (Å²) < 4.78 is 0. The van der Waals surface area contributed by atoms with Gasteiger partial charge in [0.25, 0.3) is 0 Å². The second-order valence-electron chi connectivity index (χ2n) is 6.09. The van der Waals surface area contributed by atoms with Gasteiger partial charge in [0, 0.05) is 39.1 Å². The van der Waals surface area contributed by atoms with Crippen LogP contribution in [0.2, 0.25) is 0 Å². The summed E-state index contributed by atoms with van der Waals surface area (Å²) in [7, 11) is 0. The second kappa shape index (κ2) is 10.5. The molecule has 0 aromatic heterocycles. The lowest BCUT2D eigenvalue weighted by Gasteiger charge is -2.20. The number of amides is 1. The van der Waals surface area contributed by atoms with Gasteiger partial charge in [0.15, 0.2) is 5.96 Å². The first kappa shape index (κ1) is 17.8. The topological polar surface area (TPSA) is 56.7 Å². The molecule has 122 valence electrons. The molecule has 0 bridgehead atoms. The molecule has 5 heteroatoms. The lowest BCUT2D eigenvalue weighted by Crippen LogP contribution is -2.39. The number of nitrogens with one attached hydrogen (secondary N) is 2. The molecule has 1 amide bonds. The summed E-state index contributed by atoms with van der Waals surface area (Å²) in [5.74, 6) is 1.77. The van der Waals surface area contributed by atoms with Gasteiger partial charge in [-0.25, -0.2) is 0 Å². The lowest BCUT2D eigenvalue weighted by atomic mass is 10.2. The third kappa shape index (κ3) is 7.93. The maximum Gasteiger partial charge on any atom is 0.222 e. The molecule has 0 saturated carbocycles. The first-order chi connectivity index (χ1) is 10.1. The van der Waals surface area contributed by atoms with Gasteiger partial charge >= 0.3 is 0 Å². The van der Waals surface area contributed by atoms with Crippen LogP contribution in [0.3, 0.4) is 0 Å². The molecule has 5 nitrogen and oxygen atoms in total. The molecule has 0 spiro atoms. The van der Waals surface area contributed by atoms with Crippen molar-refractivity contribution in [2.75, 3.05) is 32.7 Å². The lowest BCUT2D eigenvalue weighted by molar-refractivity contribution is -0.130. The van der Waals surface area contributed by atoms with Crippen molar-refractivity contribution in [1.82, 2.24) is 15.5 Å². The summed E-state index contributed by atoms with van der Waals surface area (Å²) in [6, 6.07) is 0. The Morgan fingerprint density at radius 3 is 2.81 bits per heavy atom. The van der Waals surface area contributed by atoms with E-state index in [1.165, 1.54) is 6.42 Å². The van der Waals surface area contributed by atoms with E-state index in [1.807, 2.05) is 4.90 Å². The van der Waals surface area contributed by atoms with Gasteiger partial charge in [-0.05, 0) is 32.1 Å². The predicted octanol–water partition coefficient (Wildman–Crippen LogP) is 1.99. The molecular weight excluding hydrogens is 264 g/mol. The third-order valence-electron chi connectivity index (χ3n) is 3.53. The molecule has 0 unspecified atom stereocenters. The Labute approximate surface area is 129 Å². The molecular formula is C16H32N4O. The zero-order chi connectivity index (χ0) is 15.5. The van der Waals surface area contributed by atoms with Crippen molar-refractivity contribution in [1.29, 1.82) is 0 Å². The number of carbonyl (C=O) groups excluding carboxylic acids is 1. The Hall–Kier alpha value is -1.26. The van der Waals surface area contributed by atoms with Crippen LogP contribution in [-0.4, -0.2) is 49.5 Å². The highest BCUT2D eigenvalue weighted by Crippen LogP contribution is 2.11. The maximum absolute atomic E-state index is 11.9. The number of guanidine groups is 1. The number of rotatable bonds is 7. The van der Waals surface area contributed by atoms with Crippen molar-refractivity contribution in [2.45, 2.75) is 52.9 Å². The van der Waals surface area contributed by atoms with E-state index < -0.39 is 0 Å². The molecule has 1 rings (SSSR count). The largest absolute Gasteiger partial charge is 0.357 e. The molecule has 0 aromatic carbocycles. The van der Waals surface area contributed by atoms with E-state index >= 15 is 0 Å². The predicted molar refractivity (Wildman–Crippen MR) is 88.5 cm³/mol. The minimum atomic E-state index is 0.327. The molecule has 1 heterocycles. The molecule has 0 radical (unpaired) electrons. The average molecular weight is 296 g/mol. The fourth-order valence-corrected chi connectivity index (χ4v) is 2.37. The molecule has 1 fully saturated rings. The quantitative estimate of drug-likeness (QED) is 0.429. The van der Waals surface area contributed by atoms with Gasteiger partial charge in [-0.1, -0.05) is 20.3 Å². The maximum atomic E-state index is 11.9. The molecule has 1 aliphatic rings. The number of nitrogens with zero attached hydrogens (tertiary/aromatic N) is 2. The van der Waals surface area contributed by atoms with Crippen LogP contribution in [0, 0.1) is 5.92 Å². The first-order valence-corrected chi connectivity index (χ1v) is 8.43. The van der Waals surface area contributed by atoms with Gasteiger partial charge in [-0.3, -0.25) is 9.79 Å². The summed E-state index contributed by atoms with van der Waals surface area (Å²) in [6.45, 7) is 10.7. The molecule has 21 heavy (non-hydrogen) atoms. The monoisotopic (exact) mass is 296 g/mol. The van der Waals surface area contributed by atoms with Crippen LogP contribution in [0.4, 0.5) is 0 Å². The molecule has 0 aromatic rings. The van der Waals surface area contributed by atoms with Crippen molar-refractivity contribution < 1.29 is 4.79 Å². The Bertz CT molecular complexity index is 328. The summed E-state index contributed by atoms with van der Waals surface area (Å²) in [5, 5.41) is 6.60. The highest BCUT2D eigenvalue weighted by atomic mass is 16.2. The fourth-order valence-electron chi connectivity index (χ4n) is 2.37. The smallest absolute Gasteiger partial charge is 0.222 e. The molecule has 0 aliphatic carbocycles. The Kier molecular flexibility index (Phi) is 8.87. The molecule has 0 atom stereocenters. The number of likely N-dealkylation sites (tertiary alicyclic amines) is 1. The fraction of sp³-hybridized carbons (Fsp3) is 0.875. The van der Waals surface area contributed by atoms with Crippen LogP contribution in [-0.2, 0) is 4.79 Å². The second-order valence-corrected chi connectivity index (χ2v) is 6.09. The Balaban J connectivity index is 2.26. The van der Waals surface area contributed by atoms with Crippen LogP contribution in [0.1, 0.15) is 52.9 Å². The van der Waals surface area contributed by atoms with E-state index in [2.05, 4.69) is 36.4 Å². The zero-order valence-electron chi connectivity index (χ0n) is 14.0. The van der Waals surface area contributed by atoms with E-state index in [4.69, 9.17) is 0 Å². The molecule has 2 N–H and O–H groups in total. The van der Waals surface area contributed by atoms with Gasteiger partial charge in [0.2, 0.25) is 5.91 Å². The Morgan fingerprint density at radius 1 is 1.29 bits per heavy atom. The average Bonchev–Trinajstić information content (AvgIpc) is 2.65. The van der Waals surface area contributed by atoms with Crippen LogP contribution < -0.4 is 10.6 Å².